The Morgan fingerprint density at radius 3 is 2.53 bits per heavy atom. The largest absolute Gasteiger partial charge is 0.461 e. The monoisotopic (exact) mass is 468 g/mol. The third-order valence-corrected chi connectivity index (χ3v) is 6.66. The highest BCUT2D eigenvalue weighted by Crippen LogP contribution is 2.28. The molecule has 10 heteroatoms. The Hall–Kier alpha value is -3.21. The Balaban J connectivity index is 1.47. The molecule has 2 aromatic heterocycles. The molecule has 3 N–H and O–H groups in total. The lowest BCUT2D eigenvalue weighted by Crippen LogP contribution is -2.28. The number of para-hydroxylation sites is 1. The van der Waals surface area contributed by atoms with E-state index in [4.69, 9.17) is 9.56 Å². The van der Waals surface area contributed by atoms with Gasteiger partial charge in [-0.1, -0.05) is 42.1 Å². The molecule has 164 valence electrons. The summed E-state index contributed by atoms with van der Waals surface area (Å²) in [5.41, 5.74) is 1.53. The maximum Gasteiger partial charge on any atom is 0.238 e. The topological polar surface area (TPSA) is 128 Å². The fraction of sp³-hybridized carbons (Fsp3) is 0.136. The minimum atomic E-state index is -3.75. The molecule has 2 heterocycles. The second kappa shape index (κ2) is 9.11. The number of benzene rings is 2. The van der Waals surface area contributed by atoms with Gasteiger partial charge in [-0.2, -0.15) is 0 Å². The van der Waals surface area contributed by atoms with Crippen molar-refractivity contribution in [3.05, 3.63) is 72.5 Å². The highest BCUT2D eigenvalue weighted by atomic mass is 32.2. The predicted molar refractivity (Wildman–Crippen MR) is 122 cm³/mol. The van der Waals surface area contributed by atoms with Crippen LogP contribution in [0.25, 0.3) is 22.5 Å². The summed E-state index contributed by atoms with van der Waals surface area (Å²) in [4.78, 5) is 21.7. The third kappa shape index (κ3) is 4.98. The van der Waals surface area contributed by atoms with Gasteiger partial charge in [-0.25, -0.2) is 23.5 Å². The molecule has 0 radical (unpaired) electrons. The van der Waals surface area contributed by atoms with Crippen LogP contribution in [-0.4, -0.2) is 30.0 Å². The number of amides is 1. The van der Waals surface area contributed by atoms with E-state index in [9.17, 15) is 13.2 Å². The van der Waals surface area contributed by atoms with Gasteiger partial charge in [-0.3, -0.25) is 4.79 Å². The van der Waals surface area contributed by atoms with Crippen LogP contribution in [0, 0.1) is 0 Å². The molecule has 0 bridgehead atoms. The summed E-state index contributed by atoms with van der Waals surface area (Å²) in [7, 11) is -3.75. The summed E-state index contributed by atoms with van der Waals surface area (Å²) in [6.07, 6.45) is 1.56. The third-order valence-electron chi connectivity index (χ3n) is 4.74. The molecule has 2 aromatic carbocycles. The molecule has 4 rings (SSSR count). The smallest absolute Gasteiger partial charge is 0.238 e. The average Bonchev–Trinajstić information content (AvgIpc) is 3.32. The number of thioether (sulfide) groups is 1. The zero-order chi connectivity index (χ0) is 22.7. The van der Waals surface area contributed by atoms with Gasteiger partial charge in [-0.05, 0) is 42.8 Å². The standard InChI is InChI=1S/C22H20N4O4S2/c1-14(15-8-10-16(11-9-15)32(23,28)29)24-20(27)13-31-22-17-5-2-3-6-18(17)25-21(26-22)19-7-4-12-30-19/h2-12,14H,13H2,1H3,(H,24,27)(H2,23,28,29). The van der Waals surface area contributed by atoms with E-state index in [1.54, 1.807) is 30.5 Å². The second-order valence-electron chi connectivity index (χ2n) is 7.04. The number of primary sulfonamides is 1. The highest BCUT2D eigenvalue weighted by molar-refractivity contribution is 8.00. The number of nitrogens with one attached hydrogen (secondary N) is 1. The molecule has 0 saturated heterocycles. The summed E-state index contributed by atoms with van der Waals surface area (Å²) >= 11 is 1.31. The van der Waals surface area contributed by atoms with E-state index >= 15 is 0 Å². The number of fused-ring (bicyclic) bond motifs is 1. The van der Waals surface area contributed by atoms with E-state index in [0.29, 0.717) is 16.6 Å². The SMILES string of the molecule is CC(NC(=O)CSc1nc(-c2ccco2)nc2ccccc12)c1ccc(S(N)(=O)=O)cc1. The molecule has 0 aliphatic rings. The normalized spacial score (nSPS) is 12.6. The van der Waals surface area contributed by atoms with Crippen LogP contribution in [0.5, 0.6) is 0 Å². The van der Waals surface area contributed by atoms with Crippen molar-refractivity contribution in [3.8, 4) is 11.6 Å². The minimum Gasteiger partial charge on any atom is -0.461 e. The van der Waals surface area contributed by atoms with Crippen LogP contribution >= 0.6 is 11.8 Å². The maximum atomic E-state index is 12.6. The first-order valence-corrected chi connectivity index (χ1v) is 12.2. The Morgan fingerprint density at radius 1 is 1.09 bits per heavy atom. The zero-order valence-electron chi connectivity index (χ0n) is 17.1. The molecule has 1 amide bonds. The number of nitrogens with zero attached hydrogens (tertiary/aromatic N) is 2. The van der Waals surface area contributed by atoms with E-state index in [1.165, 1.54) is 23.9 Å². The number of nitrogens with two attached hydrogens (primary N) is 1. The highest BCUT2D eigenvalue weighted by Gasteiger charge is 2.15. The van der Waals surface area contributed by atoms with E-state index in [-0.39, 0.29) is 22.6 Å². The number of carbonyl (C=O) groups is 1. The van der Waals surface area contributed by atoms with Crippen molar-refractivity contribution in [2.24, 2.45) is 5.14 Å². The molecule has 0 saturated carbocycles. The molecule has 0 spiro atoms. The molecule has 32 heavy (non-hydrogen) atoms. The quantitative estimate of drug-likeness (QED) is 0.314. The van der Waals surface area contributed by atoms with Gasteiger partial charge < -0.3 is 9.73 Å². The van der Waals surface area contributed by atoms with Gasteiger partial charge in [0.1, 0.15) is 5.03 Å². The maximum absolute atomic E-state index is 12.6. The van der Waals surface area contributed by atoms with E-state index in [1.807, 2.05) is 31.2 Å². The molecule has 0 fully saturated rings. The lowest BCUT2D eigenvalue weighted by atomic mass is 10.1. The number of hydrogen-bond donors (Lipinski definition) is 2. The first-order chi connectivity index (χ1) is 15.3. The Bertz CT molecular complexity index is 1350. The predicted octanol–water partition coefficient (Wildman–Crippen LogP) is 3.51. The summed E-state index contributed by atoms with van der Waals surface area (Å²) < 4.78 is 28.2. The summed E-state index contributed by atoms with van der Waals surface area (Å²) in [5.74, 6) is 0.983. The zero-order valence-corrected chi connectivity index (χ0v) is 18.7. The van der Waals surface area contributed by atoms with Gasteiger partial charge in [0.05, 0.1) is 28.5 Å². The van der Waals surface area contributed by atoms with Gasteiger partial charge in [0, 0.05) is 5.39 Å². The van der Waals surface area contributed by atoms with Gasteiger partial charge in [0.25, 0.3) is 0 Å². The van der Waals surface area contributed by atoms with Crippen LogP contribution in [0.2, 0.25) is 0 Å². The molecule has 0 aliphatic carbocycles. The van der Waals surface area contributed by atoms with Gasteiger partial charge >= 0.3 is 0 Å². The van der Waals surface area contributed by atoms with Crippen LogP contribution in [0.3, 0.4) is 0 Å². The van der Waals surface area contributed by atoms with Crippen molar-refractivity contribution in [1.82, 2.24) is 15.3 Å². The molecule has 8 nitrogen and oxygen atoms in total. The minimum absolute atomic E-state index is 0.0262. The lowest BCUT2D eigenvalue weighted by Gasteiger charge is -2.15. The lowest BCUT2D eigenvalue weighted by molar-refractivity contribution is -0.119. The van der Waals surface area contributed by atoms with Crippen LogP contribution in [0.15, 0.2) is 81.3 Å². The molecule has 1 unspecified atom stereocenters. The summed E-state index contributed by atoms with van der Waals surface area (Å²) in [6, 6.07) is 16.9. The molecule has 0 aliphatic heterocycles. The van der Waals surface area contributed by atoms with Crippen molar-refractivity contribution in [1.29, 1.82) is 0 Å². The fourth-order valence-electron chi connectivity index (χ4n) is 3.12. The van der Waals surface area contributed by atoms with E-state index in [2.05, 4.69) is 15.3 Å². The fourth-order valence-corrected chi connectivity index (χ4v) is 4.47. The van der Waals surface area contributed by atoms with Crippen molar-refractivity contribution >= 4 is 38.6 Å². The van der Waals surface area contributed by atoms with Crippen molar-refractivity contribution in [2.75, 3.05) is 5.75 Å². The van der Waals surface area contributed by atoms with E-state index in [0.717, 1.165) is 16.5 Å². The first-order valence-electron chi connectivity index (χ1n) is 9.67. The second-order valence-corrected chi connectivity index (χ2v) is 9.56. The van der Waals surface area contributed by atoms with Crippen LogP contribution in [-0.2, 0) is 14.8 Å². The van der Waals surface area contributed by atoms with Gasteiger partial charge in [0.15, 0.2) is 11.6 Å². The first kappa shape index (κ1) is 22.0. The molecule has 4 aromatic rings. The van der Waals surface area contributed by atoms with Gasteiger partial charge in [-0.15, -0.1) is 0 Å². The Morgan fingerprint density at radius 2 is 1.84 bits per heavy atom. The number of sulfonamides is 1. The van der Waals surface area contributed by atoms with Gasteiger partial charge in [0.2, 0.25) is 15.9 Å². The number of furan rings is 1. The summed E-state index contributed by atoms with van der Waals surface area (Å²) in [5, 5.41) is 9.57. The Labute approximate surface area is 189 Å². The van der Waals surface area contributed by atoms with Crippen molar-refractivity contribution in [3.63, 3.8) is 0 Å². The van der Waals surface area contributed by atoms with E-state index < -0.39 is 10.0 Å². The van der Waals surface area contributed by atoms with Crippen molar-refractivity contribution in [2.45, 2.75) is 22.9 Å². The van der Waals surface area contributed by atoms with Crippen LogP contribution in [0.1, 0.15) is 18.5 Å². The molecular formula is C22H20N4O4S2. The molecule has 1 atom stereocenters. The van der Waals surface area contributed by atoms with Crippen molar-refractivity contribution < 1.29 is 17.6 Å². The number of hydrogen-bond acceptors (Lipinski definition) is 7. The Kier molecular flexibility index (Phi) is 6.26. The average molecular weight is 469 g/mol. The number of rotatable bonds is 7. The number of aromatic nitrogens is 2. The van der Waals surface area contributed by atoms with Crippen LogP contribution in [0.4, 0.5) is 0 Å². The molecular weight excluding hydrogens is 448 g/mol. The number of carbonyl (C=O) groups excluding carboxylic acids is 1. The van der Waals surface area contributed by atoms with Crippen LogP contribution < -0.4 is 10.5 Å². The summed E-state index contributed by atoms with van der Waals surface area (Å²) in [6.45, 7) is 1.82.